The van der Waals surface area contributed by atoms with Crippen LogP contribution in [0.1, 0.15) is 5.56 Å². The molecule has 1 saturated heterocycles. The van der Waals surface area contributed by atoms with Crippen molar-refractivity contribution in [3.8, 4) is 6.07 Å². The number of benzene rings is 1. The van der Waals surface area contributed by atoms with Crippen LogP contribution in [0.2, 0.25) is 0 Å². The fraction of sp³-hybridized carbons (Fsp3) is 0.364. The van der Waals surface area contributed by atoms with E-state index in [1.54, 1.807) is 7.05 Å². The molecule has 1 aliphatic rings. The van der Waals surface area contributed by atoms with E-state index in [9.17, 15) is 8.42 Å². The lowest BCUT2D eigenvalue weighted by Crippen LogP contribution is -2.57. The van der Waals surface area contributed by atoms with E-state index in [1.165, 1.54) is 28.6 Å². The lowest BCUT2D eigenvalue weighted by Gasteiger charge is -2.34. The molecular formula is C11H14ClN3O2S. The van der Waals surface area contributed by atoms with Gasteiger partial charge in [0.2, 0.25) is 10.0 Å². The Morgan fingerprint density at radius 2 is 1.89 bits per heavy atom. The third-order valence-electron chi connectivity index (χ3n) is 2.93. The first-order chi connectivity index (χ1) is 8.05. The van der Waals surface area contributed by atoms with Crippen LogP contribution in [0.3, 0.4) is 0 Å². The number of hydrogen-bond donors (Lipinski definition) is 1. The van der Waals surface area contributed by atoms with Gasteiger partial charge in [0, 0.05) is 26.2 Å². The van der Waals surface area contributed by atoms with E-state index in [0.717, 1.165) is 0 Å². The number of hydrogen-bond acceptors (Lipinski definition) is 4. The van der Waals surface area contributed by atoms with Crippen LogP contribution in [-0.4, -0.2) is 38.9 Å². The summed E-state index contributed by atoms with van der Waals surface area (Å²) in [6.07, 6.45) is 0. The second kappa shape index (κ2) is 5.67. The van der Waals surface area contributed by atoms with E-state index in [0.29, 0.717) is 18.7 Å². The minimum Gasteiger partial charge on any atom is -0.313 e. The van der Waals surface area contributed by atoms with Gasteiger partial charge in [-0.05, 0) is 24.3 Å². The highest BCUT2D eigenvalue weighted by Gasteiger charge is 2.31. The van der Waals surface area contributed by atoms with Crippen molar-refractivity contribution in [2.75, 3.05) is 20.1 Å². The summed E-state index contributed by atoms with van der Waals surface area (Å²) in [5, 5.41) is 11.7. The van der Waals surface area contributed by atoms with Gasteiger partial charge in [-0.2, -0.15) is 9.57 Å². The molecule has 7 heteroatoms. The molecule has 0 spiro atoms. The molecule has 1 aliphatic heterocycles. The summed E-state index contributed by atoms with van der Waals surface area (Å²) in [7, 11) is -1.86. The van der Waals surface area contributed by atoms with Crippen LogP contribution in [-0.2, 0) is 10.0 Å². The van der Waals surface area contributed by atoms with Crippen molar-refractivity contribution in [3.05, 3.63) is 29.8 Å². The topological polar surface area (TPSA) is 73.2 Å². The number of halogens is 1. The zero-order chi connectivity index (χ0) is 12.5. The maximum Gasteiger partial charge on any atom is 0.243 e. The summed E-state index contributed by atoms with van der Waals surface area (Å²) in [4.78, 5) is 0.228. The van der Waals surface area contributed by atoms with Gasteiger partial charge in [-0.3, -0.25) is 0 Å². The molecule has 0 amide bonds. The minimum absolute atomic E-state index is 0. The molecule has 0 bridgehead atoms. The first-order valence-electron chi connectivity index (χ1n) is 5.24. The van der Waals surface area contributed by atoms with Crippen LogP contribution in [0.4, 0.5) is 0 Å². The molecule has 1 heterocycles. The van der Waals surface area contributed by atoms with Crippen LogP contribution in [0, 0.1) is 11.3 Å². The SMILES string of the molecule is CN(C1CNC1)S(=O)(=O)c1ccc(C#N)cc1.Cl. The average Bonchev–Trinajstić information content (AvgIpc) is 2.27. The molecule has 0 unspecified atom stereocenters. The van der Waals surface area contributed by atoms with E-state index in [2.05, 4.69) is 5.32 Å². The second-order valence-corrected chi connectivity index (χ2v) is 5.97. The third-order valence-corrected chi connectivity index (χ3v) is 4.86. The standard InChI is InChI=1S/C11H13N3O2S.ClH/c1-14(10-7-13-8-10)17(15,16)11-4-2-9(6-12)3-5-11;/h2-5,10,13H,7-8H2,1H3;1H. The Hall–Kier alpha value is -1.13. The number of likely N-dealkylation sites (N-methyl/N-ethyl adjacent to an activating group) is 1. The highest BCUT2D eigenvalue weighted by molar-refractivity contribution is 7.89. The van der Waals surface area contributed by atoms with Gasteiger partial charge in [-0.15, -0.1) is 12.4 Å². The molecule has 0 radical (unpaired) electrons. The molecule has 1 aromatic carbocycles. The quantitative estimate of drug-likeness (QED) is 0.882. The Morgan fingerprint density at radius 3 is 2.28 bits per heavy atom. The molecule has 1 fully saturated rings. The van der Waals surface area contributed by atoms with Crippen LogP contribution in [0.5, 0.6) is 0 Å². The largest absolute Gasteiger partial charge is 0.313 e. The van der Waals surface area contributed by atoms with Crippen molar-refractivity contribution in [2.45, 2.75) is 10.9 Å². The first-order valence-corrected chi connectivity index (χ1v) is 6.68. The lowest BCUT2D eigenvalue weighted by molar-refractivity contribution is 0.274. The molecule has 0 aliphatic carbocycles. The first kappa shape index (κ1) is 14.9. The number of sulfonamides is 1. The molecule has 1 N–H and O–H groups in total. The summed E-state index contributed by atoms with van der Waals surface area (Å²) in [5.74, 6) is 0. The van der Waals surface area contributed by atoms with Crippen LogP contribution in [0.25, 0.3) is 0 Å². The third kappa shape index (κ3) is 2.65. The van der Waals surface area contributed by atoms with Gasteiger partial charge in [0.1, 0.15) is 0 Å². The monoisotopic (exact) mass is 287 g/mol. The van der Waals surface area contributed by atoms with Gasteiger partial charge in [-0.25, -0.2) is 8.42 Å². The van der Waals surface area contributed by atoms with E-state index < -0.39 is 10.0 Å². The van der Waals surface area contributed by atoms with Crippen LogP contribution < -0.4 is 5.32 Å². The smallest absolute Gasteiger partial charge is 0.243 e. The van der Waals surface area contributed by atoms with Crippen molar-refractivity contribution in [1.82, 2.24) is 9.62 Å². The second-order valence-electron chi connectivity index (χ2n) is 3.97. The summed E-state index contributed by atoms with van der Waals surface area (Å²) in [5.41, 5.74) is 0.455. The highest BCUT2D eigenvalue weighted by Crippen LogP contribution is 2.18. The lowest BCUT2D eigenvalue weighted by atomic mass is 10.2. The van der Waals surface area contributed by atoms with Gasteiger partial charge >= 0.3 is 0 Å². The molecule has 1 aromatic rings. The fourth-order valence-electron chi connectivity index (χ4n) is 1.59. The number of nitrogens with zero attached hydrogens (tertiary/aromatic N) is 2. The summed E-state index contributed by atoms with van der Waals surface area (Å²) < 4.78 is 25.7. The van der Waals surface area contributed by atoms with E-state index in [-0.39, 0.29) is 23.3 Å². The molecule has 0 aromatic heterocycles. The van der Waals surface area contributed by atoms with Crippen molar-refractivity contribution in [1.29, 1.82) is 5.26 Å². The van der Waals surface area contributed by atoms with Gasteiger partial charge < -0.3 is 5.32 Å². The molecule has 0 atom stereocenters. The summed E-state index contributed by atoms with van der Waals surface area (Å²) >= 11 is 0. The van der Waals surface area contributed by atoms with Gasteiger partial charge in [-0.1, -0.05) is 0 Å². The predicted molar refractivity (Wildman–Crippen MR) is 70.0 cm³/mol. The Kier molecular flexibility index (Phi) is 4.71. The molecule has 18 heavy (non-hydrogen) atoms. The van der Waals surface area contributed by atoms with Gasteiger partial charge in [0.25, 0.3) is 0 Å². The highest BCUT2D eigenvalue weighted by atomic mass is 35.5. The van der Waals surface area contributed by atoms with Gasteiger partial charge in [0.15, 0.2) is 0 Å². The zero-order valence-corrected chi connectivity index (χ0v) is 11.5. The number of nitriles is 1. The normalized spacial score (nSPS) is 15.6. The Labute approximate surface area is 113 Å². The molecular weight excluding hydrogens is 274 g/mol. The van der Waals surface area contributed by atoms with Crippen LogP contribution in [0.15, 0.2) is 29.2 Å². The van der Waals surface area contributed by atoms with Crippen molar-refractivity contribution in [3.63, 3.8) is 0 Å². The van der Waals surface area contributed by atoms with E-state index in [4.69, 9.17) is 5.26 Å². The van der Waals surface area contributed by atoms with Crippen molar-refractivity contribution < 1.29 is 8.42 Å². The predicted octanol–water partition coefficient (Wildman–Crippen LogP) is 0.572. The van der Waals surface area contributed by atoms with Crippen LogP contribution >= 0.6 is 12.4 Å². The maximum absolute atomic E-state index is 12.2. The summed E-state index contributed by atoms with van der Waals surface area (Å²) in [6.45, 7) is 1.37. The van der Waals surface area contributed by atoms with Crippen molar-refractivity contribution >= 4 is 22.4 Å². The number of rotatable bonds is 3. The van der Waals surface area contributed by atoms with E-state index in [1.807, 2.05) is 6.07 Å². The van der Waals surface area contributed by atoms with Gasteiger partial charge in [0.05, 0.1) is 16.5 Å². The average molecular weight is 288 g/mol. The Bertz CT molecular complexity index is 547. The fourth-order valence-corrected chi connectivity index (χ4v) is 2.95. The minimum atomic E-state index is -3.44. The molecule has 98 valence electrons. The number of nitrogens with one attached hydrogen (secondary N) is 1. The zero-order valence-electron chi connectivity index (χ0n) is 9.83. The molecule has 5 nitrogen and oxygen atoms in total. The Morgan fingerprint density at radius 1 is 1.33 bits per heavy atom. The van der Waals surface area contributed by atoms with E-state index >= 15 is 0 Å². The summed E-state index contributed by atoms with van der Waals surface area (Å²) in [6, 6.07) is 7.95. The van der Waals surface area contributed by atoms with Crippen molar-refractivity contribution in [2.24, 2.45) is 0 Å². The Balaban J connectivity index is 0.00000162. The maximum atomic E-state index is 12.2. The molecule has 0 saturated carbocycles. The molecule has 2 rings (SSSR count).